The quantitative estimate of drug-likeness (QED) is 0.554. The maximum atomic E-state index is 10.9. The maximum absolute atomic E-state index is 10.9. The second-order valence-electron chi connectivity index (χ2n) is 2.04. The molecule has 0 aromatic heterocycles. The highest BCUT2D eigenvalue weighted by atomic mass is 127. The molecule has 6 heteroatoms. The third-order valence-corrected chi connectivity index (χ3v) is 3.53. The van der Waals surface area contributed by atoms with Crippen LogP contribution in [-0.4, -0.2) is 8.42 Å². The van der Waals surface area contributed by atoms with Crippen molar-refractivity contribution in [1.82, 2.24) is 0 Å². The van der Waals surface area contributed by atoms with Gasteiger partial charge >= 0.3 is 0 Å². The average molecular weight is 381 g/mol. The van der Waals surface area contributed by atoms with Crippen molar-refractivity contribution in [2.75, 3.05) is 0 Å². The van der Waals surface area contributed by atoms with E-state index in [-0.39, 0.29) is 4.90 Å². The normalized spacial score (nSPS) is 11.6. The van der Waals surface area contributed by atoms with E-state index in [1.165, 1.54) is 12.1 Å². The van der Waals surface area contributed by atoms with Gasteiger partial charge < -0.3 is 0 Å². The van der Waals surface area contributed by atoms with Crippen molar-refractivity contribution in [2.24, 2.45) is 0 Å². The number of hydrogen-bond acceptors (Lipinski definition) is 2. The number of halogens is 3. The van der Waals surface area contributed by atoms with Gasteiger partial charge in [0.2, 0.25) is 0 Å². The fourth-order valence-electron chi connectivity index (χ4n) is 0.669. The fraction of sp³-hybridized carbons (Fsp3) is 0. The number of hydrogen-bond donors (Lipinski definition) is 0. The van der Waals surface area contributed by atoms with Crippen molar-refractivity contribution < 1.29 is 8.42 Å². The van der Waals surface area contributed by atoms with Crippen LogP contribution >= 0.6 is 49.2 Å². The molecule has 0 spiro atoms. The summed E-state index contributed by atoms with van der Waals surface area (Å²) in [6, 6.07) is 4.77. The lowest BCUT2D eigenvalue weighted by Crippen LogP contribution is -1.90. The van der Waals surface area contributed by atoms with E-state index in [4.69, 9.17) is 10.7 Å². The van der Waals surface area contributed by atoms with Gasteiger partial charge in [0.15, 0.2) is 0 Å². The minimum absolute atomic E-state index is 0.114. The molecule has 0 amide bonds. The Labute approximate surface area is 97.0 Å². The topological polar surface area (TPSA) is 34.1 Å². The van der Waals surface area contributed by atoms with Gasteiger partial charge in [0.25, 0.3) is 9.05 Å². The molecule has 0 atom stereocenters. The predicted molar refractivity (Wildman–Crippen MR) is 59.9 cm³/mol. The van der Waals surface area contributed by atoms with Gasteiger partial charge in [0, 0.05) is 18.7 Å². The molecule has 0 heterocycles. The Morgan fingerprint density at radius 3 is 2.33 bits per heavy atom. The van der Waals surface area contributed by atoms with Crippen LogP contribution in [0.25, 0.3) is 0 Å². The van der Waals surface area contributed by atoms with Crippen molar-refractivity contribution in [1.29, 1.82) is 0 Å². The van der Waals surface area contributed by atoms with Gasteiger partial charge in [-0.3, -0.25) is 0 Å². The van der Waals surface area contributed by atoms with Gasteiger partial charge in [-0.15, -0.1) is 0 Å². The van der Waals surface area contributed by atoms with Crippen LogP contribution in [0.4, 0.5) is 0 Å². The summed E-state index contributed by atoms with van der Waals surface area (Å²) in [6.45, 7) is 0. The van der Waals surface area contributed by atoms with E-state index in [9.17, 15) is 8.42 Å². The standard InChI is InChI=1S/C6H3BrClIO2S/c7-4-1-5(9)3-6(2-4)12(8,10)11/h1-3H. The molecule has 0 unspecified atom stereocenters. The monoisotopic (exact) mass is 380 g/mol. The molecule has 0 aliphatic rings. The zero-order valence-electron chi connectivity index (χ0n) is 5.59. The Hall–Kier alpha value is 0.670. The highest BCUT2D eigenvalue weighted by Gasteiger charge is 2.10. The SMILES string of the molecule is O=S(=O)(Cl)c1cc(Br)cc(I)c1. The van der Waals surface area contributed by atoms with Gasteiger partial charge in [0.1, 0.15) is 0 Å². The summed E-state index contributed by atoms with van der Waals surface area (Å²) in [4.78, 5) is 0.114. The Bertz CT molecular complexity index is 384. The van der Waals surface area contributed by atoms with E-state index in [1.807, 2.05) is 22.6 Å². The molecule has 0 saturated heterocycles. The van der Waals surface area contributed by atoms with E-state index >= 15 is 0 Å². The second kappa shape index (κ2) is 3.81. The van der Waals surface area contributed by atoms with E-state index in [2.05, 4.69) is 15.9 Å². The molecule has 2 nitrogen and oxygen atoms in total. The zero-order chi connectivity index (χ0) is 9.35. The van der Waals surface area contributed by atoms with Gasteiger partial charge in [-0.2, -0.15) is 0 Å². The molecule has 0 aliphatic carbocycles. The summed E-state index contributed by atoms with van der Waals surface area (Å²) in [5.41, 5.74) is 0. The van der Waals surface area contributed by atoms with Gasteiger partial charge in [-0.05, 0) is 40.8 Å². The van der Waals surface area contributed by atoms with E-state index in [1.54, 1.807) is 6.07 Å². The molecule has 0 radical (unpaired) electrons. The van der Waals surface area contributed by atoms with Crippen LogP contribution in [0.15, 0.2) is 27.6 Å². The summed E-state index contributed by atoms with van der Waals surface area (Å²) >= 11 is 5.20. The first-order valence-corrected chi connectivity index (χ1v) is 6.98. The molecule has 12 heavy (non-hydrogen) atoms. The summed E-state index contributed by atoms with van der Waals surface area (Å²) in [5, 5.41) is 0. The summed E-state index contributed by atoms with van der Waals surface area (Å²) in [6.07, 6.45) is 0. The second-order valence-corrected chi connectivity index (χ2v) is 6.77. The molecule has 1 aromatic carbocycles. The number of rotatable bonds is 1. The Kier molecular flexibility index (Phi) is 3.41. The highest BCUT2D eigenvalue weighted by molar-refractivity contribution is 14.1. The lowest BCUT2D eigenvalue weighted by atomic mass is 10.4. The van der Waals surface area contributed by atoms with Crippen LogP contribution in [0.5, 0.6) is 0 Å². The first kappa shape index (κ1) is 10.7. The molecule has 1 aromatic rings. The van der Waals surface area contributed by atoms with E-state index in [0.29, 0.717) is 4.47 Å². The van der Waals surface area contributed by atoms with Crippen LogP contribution in [0.1, 0.15) is 0 Å². The Balaban J connectivity index is 3.37. The summed E-state index contributed by atoms with van der Waals surface area (Å²) in [5.74, 6) is 0. The van der Waals surface area contributed by atoms with Crippen LogP contribution in [0, 0.1) is 3.57 Å². The smallest absolute Gasteiger partial charge is 0.207 e. The lowest BCUT2D eigenvalue weighted by molar-refractivity contribution is 0.609. The summed E-state index contributed by atoms with van der Waals surface area (Å²) < 4.78 is 23.3. The van der Waals surface area contributed by atoms with Gasteiger partial charge in [-0.1, -0.05) is 15.9 Å². The largest absolute Gasteiger partial charge is 0.261 e. The van der Waals surface area contributed by atoms with Crippen LogP contribution in [0.2, 0.25) is 0 Å². The summed E-state index contributed by atoms with van der Waals surface area (Å²) in [7, 11) is 1.54. The third-order valence-electron chi connectivity index (χ3n) is 1.12. The first-order valence-electron chi connectivity index (χ1n) is 2.80. The van der Waals surface area contributed by atoms with Gasteiger partial charge in [0.05, 0.1) is 4.90 Å². The third kappa shape index (κ3) is 2.86. The molecular formula is C6H3BrClIO2S. The van der Waals surface area contributed by atoms with Crippen molar-refractivity contribution in [3.63, 3.8) is 0 Å². The van der Waals surface area contributed by atoms with Crippen molar-refractivity contribution in [3.05, 3.63) is 26.2 Å². The van der Waals surface area contributed by atoms with Crippen molar-refractivity contribution >= 4 is 58.3 Å². The van der Waals surface area contributed by atoms with E-state index < -0.39 is 9.05 Å². The molecule has 0 bridgehead atoms. The van der Waals surface area contributed by atoms with Crippen LogP contribution in [-0.2, 0) is 9.05 Å². The molecule has 0 saturated carbocycles. The van der Waals surface area contributed by atoms with Crippen LogP contribution < -0.4 is 0 Å². The molecule has 0 N–H and O–H groups in total. The van der Waals surface area contributed by atoms with E-state index in [0.717, 1.165) is 3.57 Å². The molecule has 1 rings (SSSR count). The van der Waals surface area contributed by atoms with Crippen molar-refractivity contribution in [3.8, 4) is 0 Å². The molecular weight excluding hydrogens is 378 g/mol. The fourth-order valence-corrected chi connectivity index (χ4v) is 3.43. The van der Waals surface area contributed by atoms with Crippen molar-refractivity contribution in [2.45, 2.75) is 4.90 Å². The van der Waals surface area contributed by atoms with Gasteiger partial charge in [-0.25, -0.2) is 8.42 Å². The highest BCUT2D eigenvalue weighted by Crippen LogP contribution is 2.22. The predicted octanol–water partition coefficient (Wildman–Crippen LogP) is 2.98. The minimum atomic E-state index is -3.61. The lowest BCUT2D eigenvalue weighted by Gasteiger charge is -1.98. The maximum Gasteiger partial charge on any atom is 0.261 e. The first-order chi connectivity index (χ1) is 5.39. The molecule has 0 fully saturated rings. The molecule has 0 aliphatic heterocycles. The minimum Gasteiger partial charge on any atom is -0.207 e. The Morgan fingerprint density at radius 2 is 1.92 bits per heavy atom. The zero-order valence-corrected chi connectivity index (χ0v) is 10.9. The Morgan fingerprint density at radius 1 is 1.33 bits per heavy atom. The molecule has 66 valence electrons. The average Bonchev–Trinajstić information content (AvgIpc) is 1.82. The number of benzene rings is 1. The van der Waals surface area contributed by atoms with Crippen LogP contribution in [0.3, 0.4) is 0 Å².